The van der Waals surface area contributed by atoms with E-state index in [9.17, 15) is 18.3 Å². The minimum Gasteiger partial charge on any atom is -0.393 e. The van der Waals surface area contributed by atoms with Gasteiger partial charge in [0, 0.05) is 12.8 Å². The van der Waals surface area contributed by atoms with Gasteiger partial charge in [0.05, 0.1) is 25.2 Å². The Bertz CT molecular complexity index is 235. The molecule has 2 rings (SSSR count). The van der Waals surface area contributed by atoms with Crippen LogP contribution in [0.2, 0.25) is 0 Å². The molecule has 1 saturated carbocycles. The largest absolute Gasteiger partial charge is 0.393 e. The fraction of sp³-hybridized carbons (Fsp3) is 1.00. The van der Waals surface area contributed by atoms with Crippen molar-refractivity contribution in [1.29, 1.82) is 0 Å². The number of rotatable bonds is 0. The first-order valence-electron chi connectivity index (χ1n) is 4.94. The Morgan fingerprint density at radius 2 is 1.73 bits per heavy atom. The molecule has 0 amide bonds. The molecule has 0 bridgehead atoms. The van der Waals surface area contributed by atoms with Crippen LogP contribution in [0.4, 0.5) is 13.2 Å². The summed E-state index contributed by atoms with van der Waals surface area (Å²) in [4.78, 5) is 0. The molecule has 1 N–H and O–H groups in total. The summed E-state index contributed by atoms with van der Waals surface area (Å²) < 4.78 is 48.0. The molecule has 3 nitrogen and oxygen atoms in total. The number of hydrogen-bond donors (Lipinski definition) is 1. The van der Waals surface area contributed by atoms with E-state index in [0.717, 1.165) is 0 Å². The first-order chi connectivity index (χ1) is 6.91. The van der Waals surface area contributed by atoms with Crippen LogP contribution in [-0.4, -0.2) is 36.4 Å². The monoisotopic (exact) mass is 226 g/mol. The zero-order valence-electron chi connectivity index (χ0n) is 8.09. The lowest BCUT2D eigenvalue weighted by atomic mass is 9.82. The van der Waals surface area contributed by atoms with Gasteiger partial charge in [0.2, 0.25) is 0 Å². The molecule has 2 aliphatic rings. The van der Waals surface area contributed by atoms with E-state index in [1.165, 1.54) is 0 Å². The minimum absolute atomic E-state index is 0.138. The third-order valence-electron chi connectivity index (χ3n) is 2.94. The topological polar surface area (TPSA) is 38.7 Å². The summed E-state index contributed by atoms with van der Waals surface area (Å²) in [5.74, 6) is -2.72. The molecular formula is C9H13F3O3. The van der Waals surface area contributed by atoms with Crippen molar-refractivity contribution in [3.05, 3.63) is 0 Å². The van der Waals surface area contributed by atoms with Gasteiger partial charge in [-0.15, -0.1) is 0 Å². The van der Waals surface area contributed by atoms with Crippen molar-refractivity contribution in [2.24, 2.45) is 5.92 Å². The predicted molar refractivity (Wildman–Crippen MR) is 44.0 cm³/mol. The molecule has 6 heteroatoms. The van der Waals surface area contributed by atoms with Gasteiger partial charge in [0.25, 0.3) is 0 Å². The third-order valence-corrected chi connectivity index (χ3v) is 2.94. The van der Waals surface area contributed by atoms with E-state index >= 15 is 0 Å². The first-order valence-corrected chi connectivity index (χ1v) is 4.94. The predicted octanol–water partition coefficient (Wildman–Crippen LogP) is 1.45. The number of hydrogen-bond acceptors (Lipinski definition) is 3. The van der Waals surface area contributed by atoms with Crippen LogP contribution in [0.15, 0.2) is 0 Å². The van der Waals surface area contributed by atoms with Crippen molar-refractivity contribution in [1.82, 2.24) is 0 Å². The average Bonchev–Trinajstić information content (AvgIpc) is 2.50. The summed E-state index contributed by atoms with van der Waals surface area (Å²) in [6, 6.07) is 0. The van der Waals surface area contributed by atoms with Gasteiger partial charge in [0.1, 0.15) is 0 Å². The lowest BCUT2D eigenvalue weighted by molar-refractivity contribution is -0.258. The van der Waals surface area contributed by atoms with Crippen LogP contribution in [0.25, 0.3) is 0 Å². The van der Waals surface area contributed by atoms with Crippen LogP contribution in [-0.2, 0) is 9.47 Å². The van der Waals surface area contributed by atoms with Crippen molar-refractivity contribution >= 4 is 0 Å². The van der Waals surface area contributed by atoms with Crippen LogP contribution >= 0.6 is 0 Å². The molecule has 0 aromatic rings. The quantitative estimate of drug-likeness (QED) is 0.679. The zero-order valence-corrected chi connectivity index (χ0v) is 8.09. The molecule has 0 aromatic carbocycles. The van der Waals surface area contributed by atoms with Gasteiger partial charge in [0.15, 0.2) is 5.79 Å². The van der Waals surface area contributed by atoms with E-state index in [0.29, 0.717) is 13.2 Å². The van der Waals surface area contributed by atoms with E-state index in [-0.39, 0.29) is 19.3 Å². The Morgan fingerprint density at radius 1 is 1.13 bits per heavy atom. The Balaban J connectivity index is 2.10. The molecule has 0 aromatic heterocycles. The molecule has 1 aliphatic carbocycles. The summed E-state index contributed by atoms with van der Waals surface area (Å²) in [5, 5.41) is 9.41. The van der Waals surface area contributed by atoms with Gasteiger partial charge >= 0.3 is 6.18 Å². The van der Waals surface area contributed by atoms with Crippen LogP contribution in [0, 0.1) is 5.92 Å². The van der Waals surface area contributed by atoms with Gasteiger partial charge in [-0.1, -0.05) is 0 Å². The Kier molecular flexibility index (Phi) is 2.68. The highest BCUT2D eigenvalue weighted by Gasteiger charge is 2.52. The van der Waals surface area contributed by atoms with Gasteiger partial charge in [-0.2, -0.15) is 13.2 Å². The second-order valence-electron chi connectivity index (χ2n) is 4.14. The molecule has 1 heterocycles. The third kappa shape index (κ3) is 2.26. The Labute approximate surface area is 85.2 Å². The van der Waals surface area contributed by atoms with Crippen LogP contribution in [0.5, 0.6) is 0 Å². The normalized spacial score (nSPS) is 36.0. The number of alkyl halides is 3. The second-order valence-corrected chi connectivity index (χ2v) is 4.14. The number of aliphatic hydroxyl groups excluding tert-OH is 1. The number of ether oxygens (including phenoxy) is 2. The molecule has 1 saturated heterocycles. The summed E-state index contributed by atoms with van der Waals surface area (Å²) in [6.45, 7) is 0.606. The van der Waals surface area contributed by atoms with Crippen LogP contribution < -0.4 is 0 Å². The molecule has 15 heavy (non-hydrogen) atoms. The molecule has 2 fully saturated rings. The van der Waals surface area contributed by atoms with E-state index in [2.05, 4.69) is 0 Å². The standard InChI is InChI=1S/C9H13F3O3/c10-9(11,12)6-3-7(13)5-8(4-6)14-1-2-15-8/h6-7,13H,1-5H2/t6-,7-/m0/s1. The fourth-order valence-electron chi connectivity index (χ4n) is 2.29. The molecule has 0 unspecified atom stereocenters. The van der Waals surface area contributed by atoms with Gasteiger partial charge < -0.3 is 14.6 Å². The second kappa shape index (κ2) is 3.61. The zero-order chi connectivity index (χ0) is 11.1. The maximum Gasteiger partial charge on any atom is 0.392 e. The molecule has 0 radical (unpaired) electrons. The molecule has 88 valence electrons. The van der Waals surface area contributed by atoms with Gasteiger partial charge in [-0.3, -0.25) is 0 Å². The SMILES string of the molecule is O[C@H]1C[C@H](C(F)(F)F)CC2(C1)OCCO2. The lowest BCUT2D eigenvalue weighted by Crippen LogP contribution is -2.46. The smallest absolute Gasteiger partial charge is 0.392 e. The van der Waals surface area contributed by atoms with Crippen LogP contribution in [0.3, 0.4) is 0 Å². The van der Waals surface area contributed by atoms with Crippen molar-refractivity contribution in [3.8, 4) is 0 Å². The van der Waals surface area contributed by atoms with Crippen LogP contribution in [0.1, 0.15) is 19.3 Å². The number of aliphatic hydroxyl groups is 1. The van der Waals surface area contributed by atoms with Gasteiger partial charge in [-0.05, 0) is 6.42 Å². The average molecular weight is 226 g/mol. The lowest BCUT2D eigenvalue weighted by Gasteiger charge is -2.39. The molecule has 1 spiro atoms. The van der Waals surface area contributed by atoms with E-state index in [1.54, 1.807) is 0 Å². The van der Waals surface area contributed by atoms with E-state index < -0.39 is 24.0 Å². The van der Waals surface area contributed by atoms with Crippen molar-refractivity contribution in [3.63, 3.8) is 0 Å². The highest BCUT2D eigenvalue weighted by Crippen LogP contribution is 2.45. The maximum atomic E-state index is 12.5. The highest BCUT2D eigenvalue weighted by molar-refractivity contribution is 4.90. The van der Waals surface area contributed by atoms with Crippen molar-refractivity contribution in [2.75, 3.05) is 13.2 Å². The summed E-state index contributed by atoms with van der Waals surface area (Å²) in [6.07, 6.45) is -5.60. The Hall–Kier alpha value is -0.330. The fourth-order valence-corrected chi connectivity index (χ4v) is 2.29. The van der Waals surface area contributed by atoms with Gasteiger partial charge in [-0.25, -0.2) is 0 Å². The van der Waals surface area contributed by atoms with E-state index in [4.69, 9.17) is 9.47 Å². The van der Waals surface area contributed by atoms with Crippen molar-refractivity contribution in [2.45, 2.75) is 37.3 Å². The highest BCUT2D eigenvalue weighted by atomic mass is 19.4. The summed E-state index contributed by atoms with van der Waals surface area (Å²) in [5.41, 5.74) is 0. The minimum atomic E-state index is -4.29. The summed E-state index contributed by atoms with van der Waals surface area (Å²) >= 11 is 0. The molecule has 2 atom stereocenters. The first kappa shape index (κ1) is 11.2. The van der Waals surface area contributed by atoms with E-state index in [1.807, 2.05) is 0 Å². The Morgan fingerprint density at radius 3 is 2.27 bits per heavy atom. The van der Waals surface area contributed by atoms with Crippen molar-refractivity contribution < 1.29 is 27.8 Å². The molecule has 1 aliphatic heterocycles. The molecular weight excluding hydrogens is 213 g/mol. The number of halogens is 3. The maximum absolute atomic E-state index is 12.5. The summed E-state index contributed by atoms with van der Waals surface area (Å²) in [7, 11) is 0.